The summed E-state index contributed by atoms with van der Waals surface area (Å²) in [5, 5.41) is 10.3. The highest BCUT2D eigenvalue weighted by Gasteiger charge is 2.01. The number of fused-ring (bicyclic) bond motifs is 1. The van der Waals surface area contributed by atoms with Gasteiger partial charge in [0.2, 0.25) is 0 Å². The van der Waals surface area contributed by atoms with E-state index in [4.69, 9.17) is 5.26 Å². The lowest BCUT2D eigenvalue weighted by molar-refractivity contribution is 1.09. The highest BCUT2D eigenvalue weighted by molar-refractivity contribution is 7.15. The van der Waals surface area contributed by atoms with Gasteiger partial charge in [-0.25, -0.2) is 0 Å². The molecule has 12 heavy (non-hydrogen) atoms. The van der Waals surface area contributed by atoms with Crippen molar-refractivity contribution in [1.29, 1.82) is 5.26 Å². The lowest BCUT2D eigenvalue weighted by Crippen LogP contribution is -2.10. The molecule has 2 rings (SSSR count). The lowest BCUT2D eigenvalue weighted by Gasteiger charge is -1.90. The molecule has 4 nitrogen and oxygen atoms in total. The average Bonchev–Trinajstić information content (AvgIpc) is 2.49. The molecule has 0 aliphatic rings. The van der Waals surface area contributed by atoms with Crippen molar-refractivity contribution in [3.05, 3.63) is 33.7 Å². The van der Waals surface area contributed by atoms with Gasteiger partial charge < -0.3 is 0 Å². The second kappa shape index (κ2) is 2.43. The first-order valence-electron chi connectivity index (χ1n) is 3.18. The summed E-state index contributed by atoms with van der Waals surface area (Å²) in [7, 11) is 0. The van der Waals surface area contributed by atoms with E-state index in [0.29, 0.717) is 4.96 Å². The largest absolute Gasteiger partial charge is 0.298 e. The molecule has 0 saturated carbocycles. The molecule has 0 atom stereocenters. The van der Waals surface area contributed by atoms with Crippen LogP contribution in [0.25, 0.3) is 4.96 Å². The normalized spacial score (nSPS) is 9.92. The van der Waals surface area contributed by atoms with Crippen molar-refractivity contribution in [3.8, 4) is 6.07 Å². The highest BCUT2D eigenvalue weighted by Crippen LogP contribution is 2.05. The smallest absolute Gasteiger partial charge is 0.291 e. The summed E-state index contributed by atoms with van der Waals surface area (Å²) in [4.78, 5) is 15.3. The maximum Gasteiger partial charge on any atom is 0.291 e. The van der Waals surface area contributed by atoms with E-state index >= 15 is 0 Å². The van der Waals surface area contributed by atoms with Gasteiger partial charge in [0.05, 0.1) is 0 Å². The zero-order chi connectivity index (χ0) is 8.55. The van der Waals surface area contributed by atoms with Crippen LogP contribution in [0.3, 0.4) is 0 Å². The number of rotatable bonds is 0. The molecule has 0 aliphatic heterocycles. The van der Waals surface area contributed by atoms with Crippen LogP contribution in [0, 0.1) is 11.3 Å². The zero-order valence-electron chi connectivity index (χ0n) is 5.89. The minimum Gasteiger partial charge on any atom is -0.298 e. The Hall–Kier alpha value is -1.67. The van der Waals surface area contributed by atoms with Crippen LogP contribution in [0.15, 0.2) is 22.6 Å². The molecule has 0 spiro atoms. The molecule has 0 radical (unpaired) electrons. The van der Waals surface area contributed by atoms with Crippen molar-refractivity contribution < 1.29 is 0 Å². The summed E-state index contributed by atoms with van der Waals surface area (Å²) < 4.78 is 1.66. The number of hydrogen-bond donors (Lipinski definition) is 0. The van der Waals surface area contributed by atoms with Gasteiger partial charge in [-0.1, -0.05) is 0 Å². The molecule has 0 aliphatic carbocycles. The molecule has 2 heterocycles. The summed E-state index contributed by atoms with van der Waals surface area (Å²) >= 11 is 1.36. The van der Waals surface area contributed by atoms with Gasteiger partial charge in [0.1, 0.15) is 11.6 Å². The molecule has 58 valence electrons. The number of aromatic nitrogens is 2. The fourth-order valence-corrected chi connectivity index (χ4v) is 1.57. The molecule has 0 fully saturated rings. The molecule has 0 unspecified atom stereocenters. The van der Waals surface area contributed by atoms with Crippen LogP contribution in [0.5, 0.6) is 0 Å². The van der Waals surface area contributed by atoms with E-state index in [2.05, 4.69) is 4.98 Å². The summed E-state index contributed by atoms with van der Waals surface area (Å²) in [6.07, 6.45) is 3.24. The van der Waals surface area contributed by atoms with Gasteiger partial charge in [-0.15, -0.1) is 11.3 Å². The molecule has 0 saturated heterocycles. The molecule has 0 N–H and O–H groups in total. The van der Waals surface area contributed by atoms with Crippen molar-refractivity contribution in [2.45, 2.75) is 0 Å². The highest BCUT2D eigenvalue weighted by atomic mass is 32.1. The minimum absolute atomic E-state index is 0.0749. The third-order valence-electron chi connectivity index (χ3n) is 1.43. The molecule has 2 aromatic heterocycles. The van der Waals surface area contributed by atoms with Crippen LogP contribution in [-0.2, 0) is 0 Å². The third-order valence-corrected chi connectivity index (χ3v) is 2.20. The quantitative estimate of drug-likeness (QED) is 0.593. The van der Waals surface area contributed by atoms with E-state index in [-0.39, 0.29) is 5.56 Å². The standard InChI is InChI=1S/C7H3N3OS/c8-3-5-4-10-1-2-12-7(10)9-6(5)11/h1-2,4H. The first-order chi connectivity index (χ1) is 5.81. The molecule has 0 bridgehead atoms. The fourth-order valence-electron chi connectivity index (χ4n) is 0.882. The Morgan fingerprint density at radius 1 is 1.67 bits per heavy atom. The lowest BCUT2D eigenvalue weighted by atomic mass is 10.4. The molecule has 5 heteroatoms. The van der Waals surface area contributed by atoms with Gasteiger partial charge in [-0.3, -0.25) is 9.20 Å². The van der Waals surface area contributed by atoms with Crippen LogP contribution in [-0.4, -0.2) is 9.38 Å². The van der Waals surface area contributed by atoms with E-state index < -0.39 is 5.56 Å². The van der Waals surface area contributed by atoms with Gasteiger partial charge in [0.15, 0.2) is 4.96 Å². The number of nitriles is 1. The SMILES string of the molecule is N#Cc1cn2ccsc2nc1=O. The Morgan fingerprint density at radius 2 is 2.50 bits per heavy atom. The zero-order valence-corrected chi connectivity index (χ0v) is 6.71. The summed E-state index contributed by atoms with van der Waals surface area (Å²) in [6.45, 7) is 0. The summed E-state index contributed by atoms with van der Waals surface area (Å²) in [5.74, 6) is 0. The topological polar surface area (TPSA) is 58.2 Å². The molecule has 2 aromatic rings. The van der Waals surface area contributed by atoms with Crippen molar-refractivity contribution in [2.75, 3.05) is 0 Å². The Morgan fingerprint density at radius 3 is 3.25 bits per heavy atom. The Bertz CT molecular complexity index is 519. The summed E-state index contributed by atoms with van der Waals surface area (Å²) in [5.41, 5.74) is -0.383. The Labute approximate surface area is 71.3 Å². The van der Waals surface area contributed by atoms with Gasteiger partial charge >= 0.3 is 0 Å². The van der Waals surface area contributed by atoms with Crippen molar-refractivity contribution in [2.24, 2.45) is 0 Å². The summed E-state index contributed by atoms with van der Waals surface area (Å²) in [6, 6.07) is 1.79. The van der Waals surface area contributed by atoms with Crippen LogP contribution >= 0.6 is 11.3 Å². The number of nitrogens with zero attached hydrogens (tertiary/aromatic N) is 3. The molecule has 0 amide bonds. The average molecular weight is 177 g/mol. The first kappa shape index (κ1) is 7.00. The molecular formula is C7H3N3OS. The van der Waals surface area contributed by atoms with Crippen molar-refractivity contribution in [1.82, 2.24) is 9.38 Å². The maximum absolute atomic E-state index is 11.0. The Kier molecular flexibility index (Phi) is 1.42. The van der Waals surface area contributed by atoms with Gasteiger partial charge in [0.25, 0.3) is 5.56 Å². The predicted octanol–water partition coefficient (Wildman–Crippen LogP) is 0.628. The van der Waals surface area contributed by atoms with Crippen molar-refractivity contribution >= 4 is 16.3 Å². The minimum atomic E-state index is -0.458. The van der Waals surface area contributed by atoms with E-state index in [0.717, 1.165) is 0 Å². The van der Waals surface area contributed by atoms with E-state index in [1.165, 1.54) is 17.5 Å². The predicted molar refractivity (Wildman–Crippen MR) is 44.1 cm³/mol. The maximum atomic E-state index is 11.0. The van der Waals surface area contributed by atoms with E-state index in [1.54, 1.807) is 16.7 Å². The Balaban J connectivity index is 2.93. The van der Waals surface area contributed by atoms with Crippen LogP contribution in [0.4, 0.5) is 0 Å². The van der Waals surface area contributed by atoms with Crippen molar-refractivity contribution in [3.63, 3.8) is 0 Å². The van der Waals surface area contributed by atoms with E-state index in [1.807, 2.05) is 5.38 Å². The van der Waals surface area contributed by atoms with E-state index in [9.17, 15) is 4.79 Å². The fraction of sp³-hybridized carbons (Fsp3) is 0. The number of thiazole rings is 1. The van der Waals surface area contributed by atoms with Gasteiger partial charge in [-0.2, -0.15) is 10.2 Å². The first-order valence-corrected chi connectivity index (χ1v) is 4.06. The van der Waals surface area contributed by atoms with Crippen LogP contribution in [0.1, 0.15) is 5.56 Å². The monoisotopic (exact) mass is 177 g/mol. The third kappa shape index (κ3) is 0.898. The van der Waals surface area contributed by atoms with Crippen LogP contribution in [0.2, 0.25) is 0 Å². The molecular weight excluding hydrogens is 174 g/mol. The molecule has 0 aromatic carbocycles. The second-order valence-electron chi connectivity index (χ2n) is 2.16. The van der Waals surface area contributed by atoms with Crippen LogP contribution < -0.4 is 5.56 Å². The van der Waals surface area contributed by atoms with Gasteiger partial charge in [-0.05, 0) is 0 Å². The van der Waals surface area contributed by atoms with Gasteiger partial charge in [0, 0.05) is 17.8 Å². The second-order valence-corrected chi connectivity index (χ2v) is 3.04. The number of hydrogen-bond acceptors (Lipinski definition) is 4.